The van der Waals surface area contributed by atoms with Gasteiger partial charge in [-0.05, 0) is 13.8 Å². The normalized spacial score (nSPS) is 6.44. The van der Waals surface area contributed by atoms with Crippen molar-refractivity contribution in [2.75, 3.05) is 0 Å². The van der Waals surface area contributed by atoms with Gasteiger partial charge in [0.1, 0.15) is 11.6 Å². The van der Waals surface area contributed by atoms with E-state index in [1.165, 1.54) is 13.8 Å². The van der Waals surface area contributed by atoms with E-state index in [0.29, 0.717) is 0 Å². The van der Waals surface area contributed by atoms with Crippen molar-refractivity contribution < 1.29 is 31.3 Å². The van der Waals surface area contributed by atoms with Crippen LogP contribution in [0.2, 0.25) is 0 Å². The van der Waals surface area contributed by atoms with E-state index in [1.807, 2.05) is 0 Å². The first-order valence-electron chi connectivity index (χ1n) is 2.12. The van der Waals surface area contributed by atoms with E-state index in [2.05, 4.69) is 0 Å². The number of ketones is 2. The Morgan fingerprint density at radius 2 is 1.33 bits per heavy atom. The molecule has 0 aromatic carbocycles. The van der Waals surface area contributed by atoms with Gasteiger partial charge in [-0.3, -0.25) is 9.59 Å². The first kappa shape index (κ1) is 16.0. The number of carbonyl (C=O) groups excluding carboxylic acids is 2. The van der Waals surface area contributed by atoms with Gasteiger partial charge in [0.05, 0.1) is 6.42 Å². The fourth-order valence-electron chi connectivity index (χ4n) is 0.351. The quantitative estimate of drug-likeness (QED) is 0.483. The molecule has 0 aliphatic rings. The van der Waals surface area contributed by atoms with Gasteiger partial charge < -0.3 is 6.15 Å². The van der Waals surface area contributed by atoms with Gasteiger partial charge >= 0.3 is 0 Å². The summed E-state index contributed by atoms with van der Waals surface area (Å²) in [4.78, 5) is 20.1. The maximum atomic E-state index is 10.0. The molecule has 0 radical (unpaired) electrons. The van der Waals surface area contributed by atoms with Crippen molar-refractivity contribution >= 4 is 11.6 Å². The molecule has 9 heavy (non-hydrogen) atoms. The number of hydrogen-bond acceptors (Lipinski definition) is 3. The molecule has 0 rings (SSSR count). The van der Waals surface area contributed by atoms with E-state index in [9.17, 15) is 9.59 Å². The molecular formula is C5H11NO2Ti. The average Bonchev–Trinajstić information content (AvgIpc) is 1.27. The van der Waals surface area contributed by atoms with Gasteiger partial charge in [-0.15, -0.1) is 0 Å². The smallest absolute Gasteiger partial charge is 0.137 e. The van der Waals surface area contributed by atoms with Crippen LogP contribution in [0.5, 0.6) is 0 Å². The molecule has 0 aliphatic heterocycles. The zero-order valence-corrected chi connectivity index (χ0v) is 7.29. The summed E-state index contributed by atoms with van der Waals surface area (Å²) in [6, 6.07) is 0. The molecule has 0 aromatic rings. The van der Waals surface area contributed by atoms with Crippen molar-refractivity contribution in [3.05, 3.63) is 0 Å². The molecule has 0 saturated heterocycles. The minimum Gasteiger partial charge on any atom is -0.344 e. The van der Waals surface area contributed by atoms with Crippen LogP contribution >= 0.6 is 0 Å². The van der Waals surface area contributed by atoms with Crippen molar-refractivity contribution in [2.24, 2.45) is 0 Å². The Morgan fingerprint density at radius 1 is 1.11 bits per heavy atom. The minimum atomic E-state index is -0.0625. The maximum absolute atomic E-state index is 10.0. The van der Waals surface area contributed by atoms with Gasteiger partial charge in [0, 0.05) is 21.7 Å². The van der Waals surface area contributed by atoms with Gasteiger partial charge in [0.25, 0.3) is 0 Å². The summed E-state index contributed by atoms with van der Waals surface area (Å²) in [5, 5.41) is 0. The van der Waals surface area contributed by atoms with E-state index in [-0.39, 0.29) is 45.9 Å². The molecule has 0 fully saturated rings. The SMILES string of the molecule is CC(=O)CC(C)=O.N.[Ti]. The van der Waals surface area contributed by atoms with E-state index in [1.54, 1.807) is 0 Å². The summed E-state index contributed by atoms with van der Waals surface area (Å²) < 4.78 is 0. The topological polar surface area (TPSA) is 69.1 Å². The van der Waals surface area contributed by atoms with Gasteiger partial charge in [0.2, 0.25) is 0 Å². The van der Waals surface area contributed by atoms with Gasteiger partial charge in [0.15, 0.2) is 0 Å². The van der Waals surface area contributed by atoms with E-state index >= 15 is 0 Å². The van der Waals surface area contributed by atoms with E-state index in [0.717, 1.165) is 0 Å². The third-order valence-corrected chi connectivity index (χ3v) is 0.498. The third kappa shape index (κ3) is 18.0. The molecule has 0 amide bonds. The molecule has 0 heterocycles. The summed E-state index contributed by atoms with van der Waals surface area (Å²) in [7, 11) is 0. The standard InChI is InChI=1S/C5H8O2.H3N.Ti/c1-4(6)3-5(2)7;;/h3H2,1-2H3;1H3;. The Hall–Kier alpha value is 0.0143. The van der Waals surface area contributed by atoms with Crippen LogP contribution in [-0.2, 0) is 31.3 Å². The van der Waals surface area contributed by atoms with Crippen LogP contribution in [0.25, 0.3) is 0 Å². The second-order valence-electron chi connectivity index (χ2n) is 1.58. The molecule has 0 spiro atoms. The van der Waals surface area contributed by atoms with E-state index in [4.69, 9.17) is 0 Å². The van der Waals surface area contributed by atoms with Crippen LogP contribution < -0.4 is 6.15 Å². The first-order valence-corrected chi connectivity index (χ1v) is 2.12. The summed E-state index contributed by atoms with van der Waals surface area (Å²) in [6.07, 6.45) is 0.0833. The molecule has 3 N–H and O–H groups in total. The molecule has 0 atom stereocenters. The van der Waals surface area contributed by atoms with Crippen molar-refractivity contribution in [1.29, 1.82) is 0 Å². The van der Waals surface area contributed by atoms with Gasteiger partial charge in [-0.1, -0.05) is 0 Å². The monoisotopic (exact) mass is 165 g/mol. The Bertz CT molecular complexity index is 91.1. The number of rotatable bonds is 2. The predicted octanol–water partition coefficient (Wildman–Crippen LogP) is 0.714. The van der Waals surface area contributed by atoms with Gasteiger partial charge in [-0.25, -0.2) is 0 Å². The largest absolute Gasteiger partial charge is 0.344 e. The molecule has 0 bridgehead atoms. The zero-order valence-electron chi connectivity index (χ0n) is 5.73. The fraction of sp³-hybridized carbons (Fsp3) is 0.600. The predicted molar refractivity (Wildman–Crippen MR) is 31.0 cm³/mol. The Kier molecular flexibility index (Phi) is 14.3. The first-order chi connectivity index (χ1) is 3.13. The molecule has 0 aromatic heterocycles. The number of hydrogen-bond donors (Lipinski definition) is 1. The molecule has 3 nitrogen and oxygen atoms in total. The second kappa shape index (κ2) is 8.01. The summed E-state index contributed by atoms with van der Waals surface area (Å²) in [5.74, 6) is -0.125. The Morgan fingerprint density at radius 3 is 1.33 bits per heavy atom. The van der Waals surface area contributed by atoms with Crippen molar-refractivity contribution in [3.63, 3.8) is 0 Å². The number of Topliss-reactive ketones (excluding diaryl/α,β-unsaturated/α-hetero) is 2. The molecule has 0 unspecified atom stereocenters. The number of carbonyl (C=O) groups is 2. The Balaban J connectivity index is -0.000000180. The Labute approximate surface area is 69.7 Å². The summed E-state index contributed by atoms with van der Waals surface area (Å²) in [6.45, 7) is 2.81. The van der Waals surface area contributed by atoms with Gasteiger partial charge in [-0.2, -0.15) is 0 Å². The summed E-state index contributed by atoms with van der Waals surface area (Å²) in [5.41, 5.74) is 0. The fourth-order valence-corrected chi connectivity index (χ4v) is 0.351. The molecule has 52 valence electrons. The van der Waals surface area contributed by atoms with Crippen LogP contribution in [0.1, 0.15) is 20.3 Å². The van der Waals surface area contributed by atoms with Crippen LogP contribution in [0, 0.1) is 0 Å². The third-order valence-electron chi connectivity index (χ3n) is 0.498. The summed E-state index contributed by atoms with van der Waals surface area (Å²) >= 11 is 0. The molecular weight excluding hydrogens is 154 g/mol. The molecule has 0 saturated carbocycles. The molecule has 0 aliphatic carbocycles. The van der Waals surface area contributed by atoms with Crippen LogP contribution in [0.3, 0.4) is 0 Å². The zero-order chi connectivity index (χ0) is 5.86. The average molecular weight is 165 g/mol. The van der Waals surface area contributed by atoms with Crippen molar-refractivity contribution in [1.82, 2.24) is 6.15 Å². The van der Waals surface area contributed by atoms with Crippen LogP contribution in [-0.4, -0.2) is 11.6 Å². The molecule has 4 heteroatoms. The van der Waals surface area contributed by atoms with Crippen LogP contribution in [0.4, 0.5) is 0 Å². The second-order valence-corrected chi connectivity index (χ2v) is 1.58. The van der Waals surface area contributed by atoms with Crippen molar-refractivity contribution in [3.8, 4) is 0 Å². The maximum Gasteiger partial charge on any atom is 0.137 e. The van der Waals surface area contributed by atoms with Crippen LogP contribution in [0.15, 0.2) is 0 Å². The van der Waals surface area contributed by atoms with Crippen molar-refractivity contribution in [2.45, 2.75) is 20.3 Å². The van der Waals surface area contributed by atoms with E-state index < -0.39 is 0 Å². The minimum absolute atomic E-state index is 0.